The van der Waals surface area contributed by atoms with Gasteiger partial charge in [0.2, 0.25) is 12.2 Å². The largest absolute Gasteiger partial charge is 0.478 e. The zero-order chi connectivity index (χ0) is 25.5. The first-order valence-corrected chi connectivity index (χ1v) is 11.3. The molecule has 1 amide bonds. The molecule has 0 fully saturated rings. The van der Waals surface area contributed by atoms with Gasteiger partial charge in [0.1, 0.15) is 0 Å². The minimum Gasteiger partial charge on any atom is -0.478 e. The molecule has 3 aromatic carbocycles. The number of hydrogen-bond acceptors (Lipinski definition) is 6. The summed E-state index contributed by atoms with van der Waals surface area (Å²) in [5.74, 6) is -4.58. The minimum absolute atomic E-state index is 0.0803. The lowest BCUT2D eigenvalue weighted by Crippen LogP contribution is -2.48. The number of carboxylic acid groups (broad SMARTS) is 1. The topological polar surface area (TPSA) is 119 Å². The van der Waals surface area contributed by atoms with Crippen LogP contribution in [0.4, 0.5) is 5.69 Å². The van der Waals surface area contributed by atoms with Crippen LogP contribution in [0, 0.1) is 13.8 Å². The van der Waals surface area contributed by atoms with Crippen molar-refractivity contribution in [3.63, 3.8) is 0 Å². The molecule has 35 heavy (non-hydrogen) atoms. The fourth-order valence-electron chi connectivity index (χ4n) is 3.01. The van der Waals surface area contributed by atoms with Crippen LogP contribution in [0.1, 0.15) is 31.8 Å². The molecule has 0 bridgehead atoms. The molecule has 0 saturated carbocycles. The van der Waals surface area contributed by atoms with Gasteiger partial charge in [-0.2, -0.15) is 0 Å². The molecule has 0 aliphatic heterocycles. The van der Waals surface area contributed by atoms with E-state index in [-0.39, 0.29) is 11.1 Å². The van der Waals surface area contributed by atoms with Crippen LogP contribution in [-0.2, 0) is 19.1 Å². The molecule has 0 heterocycles. The molecule has 2 atom stereocenters. The molecule has 0 saturated heterocycles. The Morgan fingerprint density at radius 1 is 0.743 bits per heavy atom. The van der Waals surface area contributed by atoms with Gasteiger partial charge in [-0.1, -0.05) is 47.5 Å². The third-order valence-electron chi connectivity index (χ3n) is 4.95. The third-order valence-corrected chi connectivity index (χ3v) is 5.64. The minimum atomic E-state index is -2.11. The Bertz CT molecular complexity index is 1240. The summed E-state index contributed by atoms with van der Waals surface area (Å²) in [5, 5.41) is 12.3. The van der Waals surface area contributed by atoms with Gasteiger partial charge in [-0.15, -0.1) is 0 Å². The van der Waals surface area contributed by atoms with Gasteiger partial charge in [-0.3, -0.25) is 4.79 Å². The number of anilines is 1. The van der Waals surface area contributed by atoms with Crippen LogP contribution < -0.4 is 5.32 Å². The number of aryl methyl sites for hydroxylation is 2. The molecule has 9 heteroatoms. The molecule has 3 aromatic rings. The van der Waals surface area contributed by atoms with Crippen molar-refractivity contribution in [2.24, 2.45) is 0 Å². The van der Waals surface area contributed by atoms with Gasteiger partial charge in [0.05, 0.1) is 16.8 Å². The van der Waals surface area contributed by atoms with Gasteiger partial charge >= 0.3 is 17.9 Å². The number of aliphatic carboxylic acids is 1. The number of halogens is 1. The van der Waals surface area contributed by atoms with Crippen LogP contribution in [-0.4, -0.2) is 41.1 Å². The van der Waals surface area contributed by atoms with Gasteiger partial charge in [0.15, 0.2) is 0 Å². The van der Waals surface area contributed by atoms with Crippen molar-refractivity contribution in [3.8, 4) is 0 Å². The summed E-state index contributed by atoms with van der Waals surface area (Å²) >= 11 is 3.29. The van der Waals surface area contributed by atoms with Crippen molar-refractivity contribution in [2.75, 3.05) is 5.32 Å². The number of para-hydroxylation sites is 1. The maximum atomic E-state index is 13.1. The molecule has 0 radical (unpaired) electrons. The smallest absolute Gasteiger partial charge is 0.349 e. The van der Waals surface area contributed by atoms with Crippen LogP contribution in [0.25, 0.3) is 0 Å². The highest BCUT2D eigenvalue weighted by molar-refractivity contribution is 9.10. The lowest BCUT2D eigenvalue weighted by atomic mass is 10.1. The van der Waals surface area contributed by atoms with Crippen molar-refractivity contribution in [2.45, 2.75) is 26.1 Å². The third kappa shape index (κ3) is 6.77. The number of rotatable bonds is 8. The average molecular weight is 540 g/mol. The Labute approximate surface area is 210 Å². The highest BCUT2D eigenvalue weighted by atomic mass is 79.9. The van der Waals surface area contributed by atoms with Crippen molar-refractivity contribution < 1.29 is 33.8 Å². The van der Waals surface area contributed by atoms with Crippen LogP contribution in [0.2, 0.25) is 0 Å². The second kappa shape index (κ2) is 11.4. The first-order chi connectivity index (χ1) is 16.7. The predicted molar refractivity (Wildman–Crippen MR) is 131 cm³/mol. The highest BCUT2D eigenvalue weighted by Gasteiger charge is 2.41. The fraction of sp³-hybridized carbons (Fsp3) is 0.154. The normalized spacial score (nSPS) is 12.2. The molecule has 0 unspecified atom stereocenters. The van der Waals surface area contributed by atoms with Crippen LogP contribution in [0.5, 0.6) is 0 Å². The standard InChI is InChI=1S/C26H22BrNO7/c1-15-7-11-17(12-8-15)25(32)34-21(23(29)28-20-6-4-3-5-19(20)27)22(24(30)31)35-26(33)18-13-9-16(2)10-14-18/h3-14,21-22H,1-2H3,(H,28,29)(H,30,31)/t21-,22+/m0/s1. The summed E-state index contributed by atoms with van der Waals surface area (Å²) in [7, 11) is 0. The number of esters is 2. The van der Waals surface area contributed by atoms with Gasteiger partial charge in [-0.05, 0) is 66.2 Å². The van der Waals surface area contributed by atoms with E-state index < -0.39 is 36.0 Å². The van der Waals surface area contributed by atoms with Crippen LogP contribution >= 0.6 is 15.9 Å². The number of carboxylic acids is 1. The van der Waals surface area contributed by atoms with E-state index >= 15 is 0 Å². The lowest BCUT2D eigenvalue weighted by molar-refractivity contribution is -0.157. The molecule has 0 aliphatic carbocycles. The second-order valence-electron chi connectivity index (χ2n) is 7.69. The second-order valence-corrected chi connectivity index (χ2v) is 8.55. The van der Waals surface area contributed by atoms with E-state index in [1.807, 2.05) is 13.8 Å². The predicted octanol–water partition coefficient (Wildman–Crippen LogP) is 4.54. The Morgan fingerprint density at radius 2 is 1.20 bits per heavy atom. The van der Waals surface area contributed by atoms with Crippen molar-refractivity contribution in [3.05, 3.63) is 99.5 Å². The summed E-state index contributed by atoms with van der Waals surface area (Å²) < 4.78 is 11.0. The lowest BCUT2D eigenvalue weighted by Gasteiger charge is -2.24. The Kier molecular flexibility index (Phi) is 8.38. The Balaban J connectivity index is 1.91. The van der Waals surface area contributed by atoms with Crippen molar-refractivity contribution >= 4 is 45.4 Å². The number of carbonyl (C=O) groups is 4. The first kappa shape index (κ1) is 25.6. The molecule has 0 spiro atoms. The van der Waals surface area contributed by atoms with E-state index in [4.69, 9.17) is 9.47 Å². The van der Waals surface area contributed by atoms with Gasteiger partial charge in [0, 0.05) is 4.47 Å². The molecular formula is C26H22BrNO7. The van der Waals surface area contributed by atoms with E-state index in [9.17, 15) is 24.3 Å². The molecule has 8 nitrogen and oxygen atoms in total. The van der Waals surface area contributed by atoms with Crippen molar-refractivity contribution in [1.82, 2.24) is 0 Å². The molecular weight excluding hydrogens is 518 g/mol. The maximum Gasteiger partial charge on any atom is 0.349 e. The molecule has 0 aromatic heterocycles. The monoisotopic (exact) mass is 539 g/mol. The summed E-state index contributed by atoms with van der Waals surface area (Å²) in [4.78, 5) is 50.6. The number of hydrogen-bond donors (Lipinski definition) is 2. The van der Waals surface area contributed by atoms with Gasteiger partial charge in [-0.25, -0.2) is 14.4 Å². The van der Waals surface area contributed by atoms with Gasteiger partial charge < -0.3 is 19.9 Å². The number of ether oxygens (including phenoxy) is 2. The SMILES string of the molecule is Cc1ccc(C(=O)O[C@H](C(=O)Nc2ccccc2Br)[C@@H](OC(=O)c2ccc(C)cc2)C(=O)O)cc1. The molecule has 180 valence electrons. The van der Waals surface area contributed by atoms with Crippen LogP contribution in [0.3, 0.4) is 0 Å². The number of carbonyl (C=O) groups excluding carboxylic acids is 3. The number of nitrogens with one attached hydrogen (secondary N) is 1. The number of amides is 1. The summed E-state index contributed by atoms with van der Waals surface area (Å²) in [6, 6.07) is 19.1. The summed E-state index contributed by atoms with van der Waals surface area (Å²) in [6.07, 6.45) is -4.09. The van der Waals surface area contributed by atoms with Crippen LogP contribution in [0.15, 0.2) is 77.3 Å². The Morgan fingerprint density at radius 3 is 1.66 bits per heavy atom. The molecule has 3 rings (SSSR count). The van der Waals surface area contributed by atoms with E-state index in [1.54, 1.807) is 48.5 Å². The zero-order valence-electron chi connectivity index (χ0n) is 18.9. The fourth-order valence-corrected chi connectivity index (χ4v) is 3.39. The molecule has 0 aliphatic rings. The van der Waals surface area contributed by atoms with E-state index in [2.05, 4.69) is 21.2 Å². The van der Waals surface area contributed by atoms with E-state index in [0.717, 1.165) is 11.1 Å². The Hall–Kier alpha value is -3.98. The highest BCUT2D eigenvalue weighted by Crippen LogP contribution is 2.23. The number of benzene rings is 3. The quantitative estimate of drug-likeness (QED) is 0.403. The maximum absolute atomic E-state index is 13.1. The van der Waals surface area contributed by atoms with E-state index in [0.29, 0.717) is 10.2 Å². The summed E-state index contributed by atoms with van der Waals surface area (Å²) in [6.45, 7) is 3.65. The van der Waals surface area contributed by atoms with E-state index in [1.165, 1.54) is 24.3 Å². The first-order valence-electron chi connectivity index (χ1n) is 10.5. The van der Waals surface area contributed by atoms with Crippen molar-refractivity contribution in [1.29, 1.82) is 0 Å². The summed E-state index contributed by atoms with van der Waals surface area (Å²) in [5.41, 5.74) is 2.26. The van der Waals surface area contributed by atoms with Gasteiger partial charge in [0.25, 0.3) is 5.91 Å². The average Bonchev–Trinajstić information content (AvgIpc) is 2.83. The zero-order valence-corrected chi connectivity index (χ0v) is 20.4. The molecule has 2 N–H and O–H groups in total.